The van der Waals surface area contributed by atoms with Gasteiger partial charge in [-0.3, -0.25) is 14.4 Å². The molecule has 4 heterocycles. The topological polar surface area (TPSA) is 59.2 Å². The van der Waals surface area contributed by atoms with E-state index in [0.717, 1.165) is 48.2 Å². The Morgan fingerprint density at radius 3 is 2.72 bits per heavy atom. The van der Waals surface area contributed by atoms with Crippen LogP contribution in [0.3, 0.4) is 0 Å². The van der Waals surface area contributed by atoms with Crippen LogP contribution in [-0.2, 0) is 13.6 Å². The number of hydrogen-bond acceptors (Lipinski definition) is 6. The van der Waals surface area contributed by atoms with E-state index in [1.54, 1.807) is 22.0 Å². The smallest absolute Gasteiger partial charge is 0.252 e. The van der Waals surface area contributed by atoms with Crippen LogP contribution in [0.15, 0.2) is 40.8 Å². The van der Waals surface area contributed by atoms with E-state index < -0.39 is 0 Å². The third-order valence-electron chi connectivity index (χ3n) is 7.68. The van der Waals surface area contributed by atoms with Crippen molar-refractivity contribution in [1.82, 2.24) is 24.2 Å². The third-order valence-corrected chi connectivity index (χ3v) is 8.49. The Hall–Kier alpha value is -3.15. The zero-order valence-electron chi connectivity index (χ0n) is 21.7. The summed E-state index contributed by atoms with van der Waals surface area (Å²) in [7, 11) is 1.82. The molecule has 0 N–H and O–H groups in total. The number of thiazole rings is 1. The molecule has 3 atom stereocenters. The first-order valence-corrected chi connectivity index (χ1v) is 13.6. The monoisotopic (exact) mass is 502 g/mol. The van der Waals surface area contributed by atoms with Gasteiger partial charge in [-0.15, -0.1) is 17.3 Å². The van der Waals surface area contributed by atoms with Gasteiger partial charge in [-0.05, 0) is 44.4 Å². The molecule has 5 rings (SSSR count). The standard InChI is InChI=1S/C28H34N6OS/c1-6-9-12-32-17-25-28(30-32)24(14-27(35)31(25)5)34-16-21(7-2)33(15-22(34)8-3)19(4)20-10-11-26-23(13-20)29-18-36-26/h10-11,13-14,17-19,21-22H,7-8,12,15-16H2,1-5H3/t19-,21+,22-/m0/s1. The molecule has 1 aliphatic rings. The van der Waals surface area contributed by atoms with Gasteiger partial charge in [-0.25, -0.2) is 4.98 Å². The van der Waals surface area contributed by atoms with Gasteiger partial charge in [0.05, 0.1) is 33.1 Å². The molecular formula is C28H34N6OS. The van der Waals surface area contributed by atoms with E-state index in [0.29, 0.717) is 12.6 Å². The molecule has 1 saturated heterocycles. The van der Waals surface area contributed by atoms with Gasteiger partial charge in [0.15, 0.2) is 0 Å². The lowest BCUT2D eigenvalue weighted by molar-refractivity contribution is 0.101. The molecule has 1 fully saturated rings. The summed E-state index contributed by atoms with van der Waals surface area (Å²) in [6.07, 6.45) is 3.96. The number of pyridine rings is 1. The fraction of sp³-hybridized carbons (Fsp3) is 0.464. The van der Waals surface area contributed by atoms with E-state index in [1.165, 1.54) is 10.3 Å². The van der Waals surface area contributed by atoms with Crippen molar-refractivity contribution in [1.29, 1.82) is 0 Å². The highest BCUT2D eigenvalue weighted by molar-refractivity contribution is 7.16. The molecular weight excluding hydrogens is 468 g/mol. The summed E-state index contributed by atoms with van der Waals surface area (Å²) >= 11 is 1.69. The third kappa shape index (κ3) is 4.31. The van der Waals surface area contributed by atoms with Crippen LogP contribution in [0.4, 0.5) is 5.69 Å². The van der Waals surface area contributed by atoms with Crippen molar-refractivity contribution < 1.29 is 0 Å². The van der Waals surface area contributed by atoms with Crippen molar-refractivity contribution >= 4 is 38.3 Å². The van der Waals surface area contributed by atoms with Crippen molar-refractivity contribution in [3.63, 3.8) is 0 Å². The van der Waals surface area contributed by atoms with Crippen LogP contribution in [0.1, 0.15) is 52.1 Å². The average Bonchev–Trinajstić information content (AvgIpc) is 3.55. The van der Waals surface area contributed by atoms with Gasteiger partial charge < -0.3 is 9.47 Å². The normalized spacial score (nSPS) is 19.5. The summed E-state index contributed by atoms with van der Waals surface area (Å²) in [5.41, 5.74) is 6.97. The molecule has 4 aromatic rings. The molecule has 0 radical (unpaired) electrons. The number of fused-ring (bicyclic) bond motifs is 2. The van der Waals surface area contributed by atoms with Crippen molar-refractivity contribution in [2.75, 3.05) is 18.0 Å². The minimum atomic E-state index is -0.00566. The van der Waals surface area contributed by atoms with Crippen LogP contribution >= 0.6 is 11.3 Å². The maximum atomic E-state index is 13.0. The minimum Gasteiger partial charge on any atom is -0.364 e. The average molecular weight is 503 g/mol. The molecule has 1 aliphatic heterocycles. The lowest BCUT2D eigenvalue weighted by Gasteiger charge is -2.49. The fourth-order valence-corrected chi connectivity index (χ4v) is 6.14. The molecule has 0 unspecified atom stereocenters. The molecule has 0 bridgehead atoms. The van der Waals surface area contributed by atoms with Gasteiger partial charge in [0, 0.05) is 44.3 Å². The summed E-state index contributed by atoms with van der Waals surface area (Å²) in [5, 5.41) is 4.87. The van der Waals surface area contributed by atoms with Crippen molar-refractivity contribution in [2.45, 2.75) is 65.2 Å². The van der Waals surface area contributed by atoms with E-state index >= 15 is 0 Å². The second-order valence-corrected chi connectivity index (χ2v) is 10.5. The van der Waals surface area contributed by atoms with E-state index in [1.807, 2.05) is 30.4 Å². The first-order chi connectivity index (χ1) is 17.4. The number of aromatic nitrogens is 4. The Bertz CT molecular complexity index is 1510. The van der Waals surface area contributed by atoms with Crippen LogP contribution in [0, 0.1) is 11.8 Å². The van der Waals surface area contributed by atoms with Gasteiger partial charge in [-0.1, -0.05) is 25.8 Å². The Labute approximate surface area is 216 Å². The summed E-state index contributed by atoms with van der Waals surface area (Å²) in [5.74, 6) is 6.01. The molecule has 0 aliphatic carbocycles. The zero-order chi connectivity index (χ0) is 25.4. The van der Waals surface area contributed by atoms with Gasteiger partial charge >= 0.3 is 0 Å². The Morgan fingerprint density at radius 1 is 1.17 bits per heavy atom. The van der Waals surface area contributed by atoms with Crippen LogP contribution in [-0.4, -0.2) is 49.4 Å². The zero-order valence-corrected chi connectivity index (χ0v) is 22.5. The summed E-state index contributed by atoms with van der Waals surface area (Å²) < 4.78 is 4.76. The number of hydrogen-bond donors (Lipinski definition) is 0. The summed E-state index contributed by atoms with van der Waals surface area (Å²) in [6, 6.07) is 9.40. The number of nitrogens with zero attached hydrogens (tertiary/aromatic N) is 6. The van der Waals surface area contributed by atoms with E-state index in [-0.39, 0.29) is 17.6 Å². The lowest BCUT2D eigenvalue weighted by Crippen LogP contribution is -2.58. The fourth-order valence-electron chi connectivity index (χ4n) is 5.48. The largest absolute Gasteiger partial charge is 0.364 e. The number of piperazine rings is 1. The van der Waals surface area contributed by atoms with E-state index in [4.69, 9.17) is 5.10 Å². The molecule has 8 heteroatoms. The Kier molecular flexibility index (Phi) is 6.87. The van der Waals surface area contributed by atoms with E-state index in [9.17, 15) is 4.79 Å². The van der Waals surface area contributed by atoms with E-state index in [2.05, 4.69) is 65.6 Å². The SMILES string of the molecule is CC#CCn1cc2c(n1)c(N1C[C@@H](CC)N([C@@H](C)c3ccc4scnc4c3)C[C@@H]1CC)cc(=O)n2C. The number of rotatable bonds is 6. The highest BCUT2D eigenvalue weighted by atomic mass is 32.1. The van der Waals surface area contributed by atoms with Crippen molar-refractivity contribution in [3.8, 4) is 11.8 Å². The minimum absolute atomic E-state index is 0.00566. The number of anilines is 1. The number of aryl methyl sites for hydroxylation is 1. The predicted molar refractivity (Wildman–Crippen MR) is 149 cm³/mol. The maximum Gasteiger partial charge on any atom is 0.252 e. The molecule has 0 spiro atoms. The first-order valence-electron chi connectivity index (χ1n) is 12.8. The quantitative estimate of drug-likeness (QED) is 0.354. The Morgan fingerprint density at radius 2 is 1.97 bits per heavy atom. The molecule has 3 aromatic heterocycles. The molecule has 7 nitrogen and oxygen atoms in total. The maximum absolute atomic E-state index is 13.0. The van der Waals surface area contributed by atoms with Crippen LogP contribution in [0.5, 0.6) is 0 Å². The van der Waals surface area contributed by atoms with Gasteiger partial charge in [0.2, 0.25) is 0 Å². The second kappa shape index (κ2) is 10.1. The van der Waals surface area contributed by atoms with Crippen molar-refractivity contribution in [3.05, 3.63) is 51.9 Å². The van der Waals surface area contributed by atoms with Gasteiger partial charge in [-0.2, -0.15) is 5.10 Å². The van der Waals surface area contributed by atoms with Gasteiger partial charge in [0.25, 0.3) is 5.56 Å². The lowest BCUT2D eigenvalue weighted by atomic mass is 9.96. The predicted octanol–water partition coefficient (Wildman–Crippen LogP) is 4.81. The van der Waals surface area contributed by atoms with Crippen molar-refractivity contribution in [2.24, 2.45) is 7.05 Å². The first kappa shape index (κ1) is 24.5. The summed E-state index contributed by atoms with van der Waals surface area (Å²) in [6.45, 7) is 11.0. The van der Waals surface area contributed by atoms with Crippen LogP contribution in [0.2, 0.25) is 0 Å². The highest BCUT2D eigenvalue weighted by Gasteiger charge is 2.36. The van der Waals surface area contributed by atoms with Crippen LogP contribution < -0.4 is 10.5 Å². The highest BCUT2D eigenvalue weighted by Crippen LogP contribution is 2.35. The molecule has 0 amide bonds. The number of benzene rings is 1. The molecule has 188 valence electrons. The molecule has 1 aromatic carbocycles. The molecule has 0 saturated carbocycles. The second-order valence-electron chi connectivity index (χ2n) is 9.64. The summed E-state index contributed by atoms with van der Waals surface area (Å²) in [4.78, 5) is 22.6. The van der Waals surface area contributed by atoms with Gasteiger partial charge in [0.1, 0.15) is 12.1 Å². The molecule has 36 heavy (non-hydrogen) atoms. The van der Waals surface area contributed by atoms with Crippen LogP contribution in [0.25, 0.3) is 21.3 Å². The Balaban J connectivity index is 1.50.